The fourth-order valence-electron chi connectivity index (χ4n) is 3.49. The molecule has 0 aliphatic carbocycles. The summed E-state index contributed by atoms with van der Waals surface area (Å²) in [5, 5.41) is 2.71. The highest BCUT2D eigenvalue weighted by molar-refractivity contribution is 6.05. The predicted molar refractivity (Wildman–Crippen MR) is 110 cm³/mol. The molecule has 0 bridgehead atoms. The molecule has 1 saturated heterocycles. The van der Waals surface area contributed by atoms with Gasteiger partial charge in [0.15, 0.2) is 0 Å². The minimum atomic E-state index is -0.585. The number of hydrogen-bond donors (Lipinski definition) is 2. The molecule has 1 aliphatic heterocycles. The van der Waals surface area contributed by atoms with Gasteiger partial charge >= 0.3 is 0 Å². The molecule has 1 heterocycles. The highest BCUT2D eigenvalue weighted by Crippen LogP contribution is 2.26. The van der Waals surface area contributed by atoms with E-state index in [9.17, 15) is 14.0 Å². The fraction of sp³-hybridized carbons (Fsp3) is 0.333. The van der Waals surface area contributed by atoms with Gasteiger partial charge in [0.1, 0.15) is 5.82 Å². The van der Waals surface area contributed by atoms with Crippen LogP contribution < -0.4 is 11.1 Å². The van der Waals surface area contributed by atoms with Crippen molar-refractivity contribution in [2.24, 2.45) is 11.7 Å². The van der Waals surface area contributed by atoms with E-state index in [1.54, 1.807) is 24.3 Å². The van der Waals surface area contributed by atoms with Gasteiger partial charge in [-0.15, -0.1) is 12.4 Å². The van der Waals surface area contributed by atoms with E-state index in [2.05, 4.69) is 5.32 Å². The standard InChI is InChI=1S/C21H24FN3O2.ClH/c1-13-7-8-16(21(27)25-12-15(11-23)9-14(25)2)10-19(13)24-20(26)17-5-3-4-6-18(17)22;/h3-8,10,14-15H,9,11-12,23H2,1-2H3,(H,24,26);1H. The topological polar surface area (TPSA) is 75.4 Å². The molecular weight excluding hydrogens is 381 g/mol. The Morgan fingerprint density at radius 2 is 1.96 bits per heavy atom. The molecule has 0 radical (unpaired) electrons. The van der Waals surface area contributed by atoms with Crippen molar-refractivity contribution < 1.29 is 14.0 Å². The lowest BCUT2D eigenvalue weighted by molar-refractivity contribution is 0.0743. The average molecular weight is 406 g/mol. The Hall–Kier alpha value is -2.44. The van der Waals surface area contributed by atoms with Crippen LogP contribution in [-0.2, 0) is 0 Å². The number of nitrogens with two attached hydrogens (primary N) is 1. The Morgan fingerprint density at radius 1 is 1.25 bits per heavy atom. The zero-order valence-corrected chi connectivity index (χ0v) is 16.8. The zero-order chi connectivity index (χ0) is 19.6. The first-order chi connectivity index (χ1) is 12.9. The molecule has 28 heavy (non-hydrogen) atoms. The summed E-state index contributed by atoms with van der Waals surface area (Å²) in [6, 6.07) is 11.1. The SMILES string of the molecule is Cc1ccc(C(=O)N2CC(CN)CC2C)cc1NC(=O)c1ccccc1F.Cl. The average Bonchev–Trinajstić information content (AvgIpc) is 3.04. The molecule has 2 aromatic carbocycles. The fourth-order valence-corrected chi connectivity index (χ4v) is 3.49. The van der Waals surface area contributed by atoms with Crippen LogP contribution in [0.1, 0.15) is 39.6 Å². The lowest BCUT2D eigenvalue weighted by Crippen LogP contribution is -2.34. The number of amides is 2. The van der Waals surface area contributed by atoms with Crippen LogP contribution in [0, 0.1) is 18.7 Å². The number of halogens is 2. The van der Waals surface area contributed by atoms with Crippen LogP contribution >= 0.6 is 12.4 Å². The summed E-state index contributed by atoms with van der Waals surface area (Å²) >= 11 is 0. The van der Waals surface area contributed by atoms with Crippen LogP contribution in [0.4, 0.5) is 10.1 Å². The molecule has 0 aromatic heterocycles. The van der Waals surface area contributed by atoms with E-state index >= 15 is 0 Å². The van der Waals surface area contributed by atoms with E-state index in [1.807, 2.05) is 18.7 Å². The molecule has 3 rings (SSSR count). The normalized spacial score (nSPS) is 18.5. The van der Waals surface area contributed by atoms with Gasteiger partial charge in [0.2, 0.25) is 0 Å². The maximum Gasteiger partial charge on any atom is 0.258 e. The van der Waals surface area contributed by atoms with Crippen molar-refractivity contribution in [2.75, 3.05) is 18.4 Å². The molecule has 150 valence electrons. The Labute approximate surface area is 170 Å². The Morgan fingerprint density at radius 3 is 2.61 bits per heavy atom. The summed E-state index contributed by atoms with van der Waals surface area (Å²) in [7, 11) is 0. The molecular formula is C21H25ClFN3O2. The van der Waals surface area contributed by atoms with Gasteiger partial charge in [0.25, 0.3) is 11.8 Å². The monoisotopic (exact) mass is 405 g/mol. The maximum atomic E-state index is 13.8. The molecule has 7 heteroatoms. The number of benzene rings is 2. The smallest absolute Gasteiger partial charge is 0.258 e. The zero-order valence-electron chi connectivity index (χ0n) is 15.9. The second kappa shape index (κ2) is 9.17. The Kier molecular flexibility index (Phi) is 7.16. The summed E-state index contributed by atoms with van der Waals surface area (Å²) in [4.78, 5) is 27.1. The number of carbonyl (C=O) groups is 2. The largest absolute Gasteiger partial charge is 0.336 e. The second-order valence-electron chi connectivity index (χ2n) is 7.11. The molecule has 1 fully saturated rings. The van der Waals surface area contributed by atoms with E-state index in [0.717, 1.165) is 12.0 Å². The van der Waals surface area contributed by atoms with E-state index < -0.39 is 11.7 Å². The number of anilines is 1. The number of aryl methyl sites for hydroxylation is 1. The lowest BCUT2D eigenvalue weighted by Gasteiger charge is -2.22. The lowest BCUT2D eigenvalue weighted by atomic mass is 10.1. The highest BCUT2D eigenvalue weighted by atomic mass is 35.5. The van der Waals surface area contributed by atoms with Crippen molar-refractivity contribution in [3.05, 3.63) is 65.0 Å². The van der Waals surface area contributed by atoms with Gasteiger partial charge < -0.3 is 16.0 Å². The van der Waals surface area contributed by atoms with Crippen molar-refractivity contribution in [3.8, 4) is 0 Å². The molecule has 0 saturated carbocycles. The number of nitrogens with one attached hydrogen (secondary N) is 1. The first-order valence-corrected chi connectivity index (χ1v) is 9.08. The molecule has 3 N–H and O–H groups in total. The van der Waals surface area contributed by atoms with Gasteiger partial charge in [-0.05, 0) is 62.6 Å². The van der Waals surface area contributed by atoms with Crippen molar-refractivity contribution >= 4 is 29.9 Å². The summed E-state index contributed by atoms with van der Waals surface area (Å²) < 4.78 is 13.8. The van der Waals surface area contributed by atoms with E-state index in [-0.39, 0.29) is 29.9 Å². The van der Waals surface area contributed by atoms with Gasteiger partial charge in [-0.3, -0.25) is 9.59 Å². The van der Waals surface area contributed by atoms with Crippen molar-refractivity contribution in [2.45, 2.75) is 26.3 Å². The van der Waals surface area contributed by atoms with Crippen LogP contribution in [-0.4, -0.2) is 35.8 Å². The number of hydrogen-bond acceptors (Lipinski definition) is 3. The first-order valence-electron chi connectivity index (χ1n) is 9.08. The predicted octanol–water partition coefficient (Wildman–Crippen LogP) is 3.62. The highest BCUT2D eigenvalue weighted by Gasteiger charge is 2.32. The molecule has 2 amide bonds. The quantitative estimate of drug-likeness (QED) is 0.815. The van der Waals surface area contributed by atoms with Gasteiger partial charge in [-0.1, -0.05) is 18.2 Å². The van der Waals surface area contributed by atoms with Crippen LogP contribution in [0.2, 0.25) is 0 Å². The summed E-state index contributed by atoms with van der Waals surface area (Å²) in [6.45, 7) is 5.05. The second-order valence-corrected chi connectivity index (χ2v) is 7.11. The van der Waals surface area contributed by atoms with Gasteiger partial charge in [-0.25, -0.2) is 4.39 Å². The van der Waals surface area contributed by atoms with Crippen molar-refractivity contribution in [3.63, 3.8) is 0 Å². The maximum absolute atomic E-state index is 13.8. The number of carbonyl (C=O) groups excluding carboxylic acids is 2. The summed E-state index contributed by atoms with van der Waals surface area (Å²) in [5.41, 5.74) is 7.50. The summed E-state index contributed by atoms with van der Waals surface area (Å²) in [5.74, 6) is -0.897. The third kappa shape index (κ3) is 4.51. The molecule has 2 aromatic rings. The minimum Gasteiger partial charge on any atom is -0.336 e. The number of rotatable bonds is 4. The van der Waals surface area contributed by atoms with E-state index in [1.165, 1.54) is 18.2 Å². The molecule has 2 unspecified atom stereocenters. The van der Waals surface area contributed by atoms with Gasteiger partial charge in [-0.2, -0.15) is 0 Å². The van der Waals surface area contributed by atoms with Crippen molar-refractivity contribution in [1.29, 1.82) is 0 Å². The number of nitrogens with zero attached hydrogens (tertiary/aromatic N) is 1. The Bertz CT molecular complexity index is 874. The molecule has 5 nitrogen and oxygen atoms in total. The van der Waals surface area contributed by atoms with Crippen LogP contribution in [0.3, 0.4) is 0 Å². The van der Waals surface area contributed by atoms with Crippen LogP contribution in [0.5, 0.6) is 0 Å². The minimum absolute atomic E-state index is 0. The number of likely N-dealkylation sites (tertiary alicyclic amines) is 1. The van der Waals surface area contributed by atoms with E-state index in [4.69, 9.17) is 5.73 Å². The van der Waals surface area contributed by atoms with Gasteiger partial charge in [0.05, 0.1) is 5.56 Å². The molecule has 0 spiro atoms. The van der Waals surface area contributed by atoms with Crippen LogP contribution in [0.15, 0.2) is 42.5 Å². The van der Waals surface area contributed by atoms with E-state index in [0.29, 0.717) is 30.3 Å². The third-order valence-electron chi connectivity index (χ3n) is 5.11. The summed E-state index contributed by atoms with van der Waals surface area (Å²) in [6.07, 6.45) is 0.894. The van der Waals surface area contributed by atoms with Crippen molar-refractivity contribution in [1.82, 2.24) is 4.90 Å². The third-order valence-corrected chi connectivity index (χ3v) is 5.11. The van der Waals surface area contributed by atoms with Gasteiger partial charge in [0, 0.05) is 23.8 Å². The molecule has 1 aliphatic rings. The first kappa shape index (κ1) is 21.9. The Balaban J connectivity index is 0.00000280. The van der Waals surface area contributed by atoms with Crippen LogP contribution in [0.25, 0.3) is 0 Å². The molecule has 2 atom stereocenters.